The molecule has 0 aromatic carbocycles. The van der Waals surface area contributed by atoms with E-state index >= 15 is 0 Å². The molecule has 0 radical (unpaired) electrons. The Morgan fingerprint density at radius 1 is 1.41 bits per heavy atom. The molecule has 0 bridgehead atoms. The number of nitrogens with two attached hydrogens (primary N) is 1. The Bertz CT molecular complexity index is 497. The molecule has 2 N–H and O–H groups in total. The molecule has 0 saturated carbocycles. The van der Waals surface area contributed by atoms with Crippen molar-refractivity contribution in [1.29, 1.82) is 0 Å². The zero-order valence-electron chi connectivity index (χ0n) is 9.62. The highest BCUT2D eigenvalue weighted by Gasteiger charge is 2.09. The predicted octanol–water partition coefficient (Wildman–Crippen LogP) is 1.61. The second kappa shape index (κ2) is 5.44. The normalized spacial score (nSPS) is 10.5. The monoisotopic (exact) mass is 267 g/mol. The van der Waals surface area contributed by atoms with Gasteiger partial charge in [0, 0.05) is 37.9 Å². The maximum absolute atomic E-state index is 5.68. The van der Waals surface area contributed by atoms with Gasteiger partial charge >= 0.3 is 0 Å². The molecule has 7 heteroatoms. The van der Waals surface area contributed by atoms with Crippen molar-refractivity contribution in [2.24, 2.45) is 5.73 Å². The summed E-state index contributed by atoms with van der Waals surface area (Å²) in [4.78, 5) is 7.08. The summed E-state index contributed by atoms with van der Waals surface area (Å²) >= 11 is 3.11. The number of rotatable bonds is 4. The van der Waals surface area contributed by atoms with Gasteiger partial charge in [0.1, 0.15) is 0 Å². The lowest BCUT2D eigenvalue weighted by atomic mass is 10.3. The van der Waals surface area contributed by atoms with Crippen molar-refractivity contribution in [2.75, 3.05) is 19.0 Å². The number of aromatic nitrogens is 3. The first-order valence-corrected chi connectivity index (χ1v) is 6.65. The number of pyridine rings is 1. The van der Waals surface area contributed by atoms with Crippen LogP contribution in [-0.4, -0.2) is 29.3 Å². The summed E-state index contributed by atoms with van der Waals surface area (Å²) in [6, 6.07) is 1.93. The van der Waals surface area contributed by atoms with Gasteiger partial charge in [-0.3, -0.25) is 4.98 Å². The third-order valence-corrected chi connectivity index (χ3v) is 4.30. The maximum Gasteiger partial charge on any atom is 0.208 e. The van der Waals surface area contributed by atoms with Crippen LogP contribution >= 0.6 is 23.1 Å². The van der Waals surface area contributed by atoms with Gasteiger partial charge in [-0.15, -0.1) is 10.2 Å². The van der Waals surface area contributed by atoms with Gasteiger partial charge < -0.3 is 10.6 Å². The van der Waals surface area contributed by atoms with Crippen LogP contribution in [-0.2, 0) is 6.54 Å². The van der Waals surface area contributed by atoms with Gasteiger partial charge in [-0.05, 0) is 11.6 Å². The van der Waals surface area contributed by atoms with E-state index in [9.17, 15) is 0 Å². The van der Waals surface area contributed by atoms with E-state index in [1.807, 2.05) is 31.3 Å². The topological polar surface area (TPSA) is 67.9 Å². The van der Waals surface area contributed by atoms with Gasteiger partial charge in [-0.1, -0.05) is 23.1 Å². The van der Waals surface area contributed by atoms with Gasteiger partial charge in [-0.2, -0.15) is 0 Å². The Labute approximate surface area is 108 Å². The maximum atomic E-state index is 5.68. The SMILES string of the molecule is CN(C)c1nnc(Sc2cnccc2CN)s1. The smallest absolute Gasteiger partial charge is 0.208 e. The number of nitrogens with zero attached hydrogens (tertiary/aromatic N) is 4. The highest BCUT2D eigenvalue weighted by atomic mass is 32.2. The Kier molecular flexibility index (Phi) is 3.93. The van der Waals surface area contributed by atoms with E-state index < -0.39 is 0 Å². The molecule has 90 valence electrons. The molecule has 0 aliphatic carbocycles. The Balaban J connectivity index is 2.19. The van der Waals surface area contributed by atoms with E-state index in [0.29, 0.717) is 6.54 Å². The summed E-state index contributed by atoms with van der Waals surface area (Å²) < 4.78 is 0.899. The van der Waals surface area contributed by atoms with E-state index in [1.54, 1.807) is 29.3 Å². The molecule has 0 amide bonds. The molecule has 0 spiro atoms. The van der Waals surface area contributed by atoms with E-state index in [0.717, 1.165) is 19.9 Å². The fourth-order valence-electron chi connectivity index (χ4n) is 1.19. The number of hydrogen-bond acceptors (Lipinski definition) is 7. The molecule has 5 nitrogen and oxygen atoms in total. The van der Waals surface area contributed by atoms with Crippen LogP contribution in [0.1, 0.15) is 5.56 Å². The van der Waals surface area contributed by atoms with Crippen LogP contribution in [0.15, 0.2) is 27.7 Å². The molecule has 0 fully saturated rings. The second-order valence-corrected chi connectivity index (χ2v) is 5.78. The first-order chi connectivity index (χ1) is 8.20. The molecule has 2 aromatic rings. The summed E-state index contributed by atoms with van der Waals surface area (Å²) in [5.41, 5.74) is 6.75. The zero-order chi connectivity index (χ0) is 12.3. The minimum Gasteiger partial charge on any atom is -0.353 e. The van der Waals surface area contributed by atoms with Crippen LogP contribution in [0, 0.1) is 0 Å². The van der Waals surface area contributed by atoms with Crippen molar-refractivity contribution in [1.82, 2.24) is 15.2 Å². The van der Waals surface area contributed by atoms with Crippen molar-refractivity contribution in [3.63, 3.8) is 0 Å². The lowest BCUT2D eigenvalue weighted by Gasteiger charge is -2.04. The molecule has 0 atom stereocenters. The lowest BCUT2D eigenvalue weighted by Crippen LogP contribution is -2.07. The van der Waals surface area contributed by atoms with E-state index in [2.05, 4.69) is 15.2 Å². The van der Waals surface area contributed by atoms with Gasteiger partial charge in [0.2, 0.25) is 5.13 Å². The Morgan fingerprint density at radius 2 is 2.24 bits per heavy atom. The first-order valence-electron chi connectivity index (χ1n) is 5.02. The van der Waals surface area contributed by atoms with Crippen molar-refractivity contribution in [2.45, 2.75) is 15.8 Å². The van der Waals surface area contributed by atoms with E-state index in [4.69, 9.17) is 5.73 Å². The Hall–Kier alpha value is -1.18. The molecule has 2 heterocycles. The Morgan fingerprint density at radius 3 is 2.88 bits per heavy atom. The van der Waals surface area contributed by atoms with Crippen LogP contribution < -0.4 is 10.6 Å². The summed E-state index contributed by atoms with van der Waals surface area (Å²) in [6.07, 6.45) is 3.56. The second-order valence-electron chi connectivity index (χ2n) is 3.53. The van der Waals surface area contributed by atoms with Crippen molar-refractivity contribution in [3.05, 3.63) is 24.0 Å². The zero-order valence-corrected chi connectivity index (χ0v) is 11.3. The summed E-state index contributed by atoms with van der Waals surface area (Å²) in [6.45, 7) is 0.504. The molecule has 2 aromatic heterocycles. The van der Waals surface area contributed by atoms with Gasteiger partial charge in [0.15, 0.2) is 4.34 Å². The third kappa shape index (κ3) is 2.93. The van der Waals surface area contributed by atoms with Crippen LogP contribution in [0.4, 0.5) is 5.13 Å². The predicted molar refractivity (Wildman–Crippen MR) is 70.5 cm³/mol. The summed E-state index contributed by atoms with van der Waals surface area (Å²) in [5.74, 6) is 0. The molecule has 0 saturated heterocycles. The highest BCUT2D eigenvalue weighted by Crippen LogP contribution is 2.33. The molecule has 17 heavy (non-hydrogen) atoms. The molecule has 0 unspecified atom stereocenters. The number of anilines is 1. The lowest BCUT2D eigenvalue weighted by molar-refractivity contribution is 0.967. The first kappa shape index (κ1) is 12.3. The average molecular weight is 267 g/mol. The van der Waals surface area contributed by atoms with Crippen LogP contribution in [0.25, 0.3) is 0 Å². The molecular weight excluding hydrogens is 254 g/mol. The average Bonchev–Trinajstić information content (AvgIpc) is 2.78. The molecule has 2 rings (SSSR count). The van der Waals surface area contributed by atoms with Crippen LogP contribution in [0.3, 0.4) is 0 Å². The van der Waals surface area contributed by atoms with Crippen molar-refractivity contribution < 1.29 is 0 Å². The third-order valence-electron chi connectivity index (χ3n) is 2.07. The fraction of sp³-hybridized carbons (Fsp3) is 0.300. The molecule has 0 aliphatic heterocycles. The standard InChI is InChI=1S/C10H13N5S2/c1-15(2)9-13-14-10(17-9)16-8-6-12-4-3-7(8)5-11/h3-4,6H,5,11H2,1-2H3. The molecule has 0 aliphatic rings. The van der Waals surface area contributed by atoms with Crippen LogP contribution in [0.2, 0.25) is 0 Å². The van der Waals surface area contributed by atoms with Crippen molar-refractivity contribution in [3.8, 4) is 0 Å². The molecular formula is C10H13N5S2. The summed E-state index contributed by atoms with van der Waals surface area (Å²) in [7, 11) is 3.90. The minimum atomic E-state index is 0.504. The van der Waals surface area contributed by atoms with Crippen LogP contribution in [0.5, 0.6) is 0 Å². The van der Waals surface area contributed by atoms with Gasteiger partial charge in [0.05, 0.1) is 0 Å². The van der Waals surface area contributed by atoms with Gasteiger partial charge in [0.25, 0.3) is 0 Å². The van der Waals surface area contributed by atoms with E-state index in [1.165, 1.54) is 0 Å². The van der Waals surface area contributed by atoms with E-state index in [-0.39, 0.29) is 0 Å². The van der Waals surface area contributed by atoms with Gasteiger partial charge in [-0.25, -0.2) is 0 Å². The quantitative estimate of drug-likeness (QED) is 0.907. The largest absolute Gasteiger partial charge is 0.353 e. The highest BCUT2D eigenvalue weighted by molar-refractivity contribution is 8.01. The minimum absolute atomic E-state index is 0.504. The fourth-order valence-corrected chi connectivity index (χ4v) is 3.02. The summed E-state index contributed by atoms with van der Waals surface area (Å²) in [5, 5.41) is 9.11. The van der Waals surface area contributed by atoms with Crippen molar-refractivity contribution >= 4 is 28.2 Å². The number of hydrogen-bond donors (Lipinski definition) is 1.